The first-order chi connectivity index (χ1) is 18.6. The molecule has 4 heterocycles. The van der Waals surface area contributed by atoms with E-state index in [1.165, 1.54) is 16.1 Å². The van der Waals surface area contributed by atoms with Crippen molar-refractivity contribution in [3.63, 3.8) is 0 Å². The van der Waals surface area contributed by atoms with E-state index in [0.29, 0.717) is 18.1 Å². The molecule has 0 spiro atoms. The Bertz CT molecular complexity index is 1180. The molecule has 3 aromatic heterocycles. The average Bonchev–Trinajstić information content (AvgIpc) is 3.73. The van der Waals surface area contributed by atoms with Gasteiger partial charge in [-0.1, -0.05) is 18.9 Å². The Labute approximate surface area is 226 Å². The zero-order valence-corrected chi connectivity index (χ0v) is 22.6. The van der Waals surface area contributed by atoms with Crippen LogP contribution in [0, 0.1) is 6.92 Å². The maximum atomic E-state index is 13.8. The minimum atomic E-state index is -0.705. The lowest BCUT2D eigenvalue weighted by Gasteiger charge is -2.32. The zero-order valence-electron chi connectivity index (χ0n) is 21.8. The highest BCUT2D eigenvalue weighted by Gasteiger charge is 2.34. The van der Waals surface area contributed by atoms with E-state index in [2.05, 4.69) is 25.6 Å². The molecule has 1 saturated heterocycles. The molecular weight excluding hydrogens is 506 g/mol. The van der Waals surface area contributed by atoms with Crippen LogP contribution in [-0.2, 0) is 20.9 Å². The summed E-state index contributed by atoms with van der Waals surface area (Å²) in [5.74, 6) is 1.20. The molecule has 0 aromatic carbocycles. The van der Waals surface area contributed by atoms with Crippen LogP contribution in [0.3, 0.4) is 0 Å². The van der Waals surface area contributed by atoms with Gasteiger partial charge in [0.2, 0.25) is 17.6 Å². The first-order valence-corrected chi connectivity index (χ1v) is 14.2. The molecule has 1 saturated carbocycles. The van der Waals surface area contributed by atoms with E-state index >= 15 is 0 Å². The van der Waals surface area contributed by atoms with Crippen molar-refractivity contribution in [2.75, 3.05) is 39.4 Å². The molecule has 11 nitrogen and oxygen atoms in total. The van der Waals surface area contributed by atoms with Crippen LogP contribution in [0.15, 0.2) is 34.1 Å². The summed E-state index contributed by atoms with van der Waals surface area (Å²) in [5.41, 5.74) is 0. The average molecular weight is 542 g/mol. The van der Waals surface area contributed by atoms with E-state index in [1.807, 2.05) is 30.5 Å². The predicted octanol–water partition coefficient (Wildman–Crippen LogP) is 2.65. The smallest absolute Gasteiger partial charge is 0.248 e. The summed E-state index contributed by atoms with van der Waals surface area (Å²) in [5, 5.41) is 17.6. The molecule has 204 valence electrons. The Hall–Kier alpha value is -3.09. The lowest BCUT2D eigenvalue weighted by atomic mass is 10.1. The van der Waals surface area contributed by atoms with Gasteiger partial charge in [-0.3, -0.25) is 14.5 Å². The van der Waals surface area contributed by atoms with Gasteiger partial charge in [0.25, 0.3) is 0 Å². The summed E-state index contributed by atoms with van der Waals surface area (Å²) < 4.78 is 11.1. The van der Waals surface area contributed by atoms with Crippen LogP contribution in [0.1, 0.15) is 48.8 Å². The molecule has 1 N–H and O–H groups in total. The molecule has 1 aliphatic heterocycles. The summed E-state index contributed by atoms with van der Waals surface area (Å²) in [6, 6.07) is 6.90. The van der Waals surface area contributed by atoms with Crippen LogP contribution >= 0.6 is 11.3 Å². The van der Waals surface area contributed by atoms with Crippen molar-refractivity contribution in [1.29, 1.82) is 0 Å². The Kier molecular flexibility index (Phi) is 8.82. The van der Waals surface area contributed by atoms with Gasteiger partial charge in [-0.2, -0.15) is 4.80 Å². The quantitative estimate of drug-likeness (QED) is 0.394. The summed E-state index contributed by atoms with van der Waals surface area (Å²) in [6.45, 7) is 6.19. The zero-order chi connectivity index (χ0) is 26.3. The van der Waals surface area contributed by atoms with Crippen molar-refractivity contribution in [2.45, 2.75) is 57.7 Å². The molecule has 1 unspecified atom stereocenters. The predicted molar refractivity (Wildman–Crippen MR) is 141 cm³/mol. The number of hydrogen-bond donors (Lipinski definition) is 1. The molecule has 0 bridgehead atoms. The number of amides is 2. The van der Waals surface area contributed by atoms with E-state index in [0.717, 1.165) is 75.6 Å². The summed E-state index contributed by atoms with van der Waals surface area (Å²) in [6.07, 6.45) is 4.93. The van der Waals surface area contributed by atoms with Gasteiger partial charge in [-0.25, -0.2) is 0 Å². The fraction of sp³-hybridized carbons (Fsp3) is 0.577. The number of hydrogen-bond acceptors (Lipinski definition) is 9. The summed E-state index contributed by atoms with van der Waals surface area (Å²) in [7, 11) is 0. The fourth-order valence-corrected chi connectivity index (χ4v) is 5.92. The van der Waals surface area contributed by atoms with Crippen molar-refractivity contribution in [3.05, 3.63) is 40.3 Å². The summed E-state index contributed by atoms with van der Waals surface area (Å²) >= 11 is 1.49. The van der Waals surface area contributed by atoms with Crippen molar-refractivity contribution in [3.8, 4) is 11.6 Å². The Morgan fingerprint density at radius 1 is 1.21 bits per heavy atom. The number of tetrazole rings is 1. The second-order valence-electron chi connectivity index (χ2n) is 9.86. The topological polar surface area (TPSA) is 119 Å². The van der Waals surface area contributed by atoms with Crippen molar-refractivity contribution in [1.82, 2.24) is 35.3 Å². The highest BCUT2D eigenvalue weighted by Crippen LogP contribution is 2.28. The monoisotopic (exact) mass is 541 g/mol. The molecule has 3 aromatic rings. The van der Waals surface area contributed by atoms with Gasteiger partial charge in [0.1, 0.15) is 18.3 Å². The van der Waals surface area contributed by atoms with Crippen molar-refractivity contribution >= 4 is 23.2 Å². The molecule has 1 aliphatic carbocycles. The highest BCUT2D eigenvalue weighted by molar-refractivity contribution is 7.10. The number of morpholine rings is 1. The summed E-state index contributed by atoms with van der Waals surface area (Å²) in [4.78, 5) is 33.6. The maximum absolute atomic E-state index is 13.8. The largest absolute Gasteiger partial charge is 0.458 e. The number of ether oxygens (including phenoxy) is 1. The number of nitrogens with one attached hydrogen (secondary N) is 1. The van der Waals surface area contributed by atoms with Gasteiger partial charge in [0.05, 0.1) is 13.2 Å². The van der Waals surface area contributed by atoms with Gasteiger partial charge in [-0.05, 0) is 55.0 Å². The van der Waals surface area contributed by atoms with Gasteiger partial charge in [0.15, 0.2) is 5.76 Å². The van der Waals surface area contributed by atoms with E-state index in [-0.39, 0.29) is 24.4 Å². The van der Waals surface area contributed by atoms with Gasteiger partial charge < -0.3 is 19.4 Å². The molecule has 2 aliphatic rings. The SMILES string of the molecule is Cc1ccc(-c2nnn(CC(=O)N(CCCN3CCOCC3)C(C(=O)NC3CCCC3)c3cccs3)n2)o1. The van der Waals surface area contributed by atoms with Crippen molar-refractivity contribution in [2.24, 2.45) is 0 Å². The third-order valence-corrected chi connectivity index (χ3v) is 7.99. The molecule has 12 heteroatoms. The minimum absolute atomic E-state index is 0.122. The fourth-order valence-electron chi connectivity index (χ4n) is 5.08. The number of aromatic nitrogens is 4. The van der Waals surface area contributed by atoms with Gasteiger partial charge >= 0.3 is 0 Å². The van der Waals surface area contributed by atoms with E-state index < -0.39 is 6.04 Å². The second kappa shape index (κ2) is 12.6. The van der Waals surface area contributed by atoms with Crippen LogP contribution in [0.2, 0.25) is 0 Å². The Morgan fingerprint density at radius 2 is 2.03 bits per heavy atom. The number of carbonyl (C=O) groups excluding carboxylic acids is 2. The second-order valence-corrected chi connectivity index (χ2v) is 10.8. The molecule has 2 amide bonds. The molecule has 2 fully saturated rings. The number of nitrogens with zero attached hydrogens (tertiary/aromatic N) is 6. The molecule has 38 heavy (non-hydrogen) atoms. The number of rotatable bonds is 11. The number of aryl methyl sites for hydroxylation is 1. The first kappa shape index (κ1) is 26.5. The number of thiophene rings is 1. The third-order valence-electron chi connectivity index (χ3n) is 7.06. The molecule has 5 rings (SSSR count). The van der Waals surface area contributed by atoms with E-state index in [9.17, 15) is 9.59 Å². The van der Waals surface area contributed by atoms with E-state index in [1.54, 1.807) is 11.0 Å². The number of furan rings is 1. The molecule has 1 atom stereocenters. The number of carbonyl (C=O) groups is 2. The minimum Gasteiger partial charge on any atom is -0.458 e. The third kappa shape index (κ3) is 6.66. The highest BCUT2D eigenvalue weighted by atomic mass is 32.1. The standard InChI is InChI=1S/C26H35N7O4S/c1-19-9-10-21(37-19)25-28-30-33(29-25)18-23(34)32(12-5-11-31-13-15-36-16-14-31)24(22-8-4-17-38-22)26(35)27-20-6-2-3-7-20/h4,8-10,17,20,24H,2-3,5-7,11-16,18H2,1H3,(H,27,35). The van der Waals surface area contributed by atoms with Crippen LogP contribution in [0.25, 0.3) is 11.6 Å². The van der Waals surface area contributed by atoms with Crippen LogP contribution in [0.5, 0.6) is 0 Å². The van der Waals surface area contributed by atoms with Crippen molar-refractivity contribution < 1.29 is 18.7 Å². The Balaban J connectivity index is 1.34. The van der Waals surface area contributed by atoms with Crippen LogP contribution < -0.4 is 5.32 Å². The lowest BCUT2D eigenvalue weighted by Crippen LogP contribution is -2.48. The maximum Gasteiger partial charge on any atom is 0.248 e. The van der Waals surface area contributed by atoms with Crippen LogP contribution in [-0.4, -0.2) is 87.3 Å². The van der Waals surface area contributed by atoms with Gasteiger partial charge in [0, 0.05) is 37.1 Å². The Morgan fingerprint density at radius 3 is 2.74 bits per heavy atom. The lowest BCUT2D eigenvalue weighted by molar-refractivity contribution is -0.142. The molecular formula is C26H35N7O4S. The van der Waals surface area contributed by atoms with Gasteiger partial charge in [-0.15, -0.1) is 21.5 Å². The molecule has 0 radical (unpaired) electrons. The first-order valence-electron chi connectivity index (χ1n) is 13.3. The van der Waals surface area contributed by atoms with E-state index in [4.69, 9.17) is 9.15 Å². The van der Waals surface area contributed by atoms with Crippen LogP contribution in [0.4, 0.5) is 0 Å². The normalized spacial score (nSPS) is 17.5.